The monoisotopic (exact) mass is 609 g/mol. The largest absolute Gasteiger partial charge is 0.490 e. The standard InChI is InChI=1S/C31H29ClFN3O5S/c1-3-40-30-18-23(9-16-29(30)41-21-24-5-4-6-25(32)17-24)19-34-35-31(37)20-36(27-12-7-22(2)8-13-27)42(38,39)28-14-10-26(33)11-15-28/h4-19H,3,20-21H2,1-2H3,(H,35,37)/b34-19-. The van der Waals surface area contributed by atoms with Crippen LogP contribution in [0.3, 0.4) is 0 Å². The van der Waals surface area contributed by atoms with Gasteiger partial charge < -0.3 is 9.47 Å². The molecule has 0 fully saturated rings. The highest BCUT2D eigenvalue weighted by atomic mass is 35.5. The van der Waals surface area contributed by atoms with E-state index in [-0.39, 0.29) is 10.6 Å². The van der Waals surface area contributed by atoms with Crippen molar-refractivity contribution >= 4 is 39.4 Å². The minimum atomic E-state index is -4.18. The maximum atomic E-state index is 13.4. The number of hydrazone groups is 1. The third-order valence-corrected chi connectivity index (χ3v) is 7.99. The first-order valence-corrected chi connectivity index (χ1v) is 14.8. The van der Waals surface area contributed by atoms with E-state index < -0.39 is 28.3 Å². The van der Waals surface area contributed by atoms with Crippen LogP contribution in [0, 0.1) is 12.7 Å². The predicted molar refractivity (Wildman–Crippen MR) is 161 cm³/mol. The molecule has 0 heterocycles. The van der Waals surface area contributed by atoms with Gasteiger partial charge in [0.15, 0.2) is 11.5 Å². The first-order chi connectivity index (χ1) is 20.2. The Morgan fingerprint density at radius 2 is 1.71 bits per heavy atom. The number of sulfonamides is 1. The SMILES string of the molecule is CCOc1cc(/C=N\NC(=O)CN(c2ccc(C)cc2)S(=O)(=O)c2ccc(F)cc2)ccc1OCc1cccc(Cl)c1. The topological polar surface area (TPSA) is 97.3 Å². The third-order valence-electron chi connectivity index (χ3n) is 5.96. The van der Waals surface area contributed by atoms with Crippen molar-refractivity contribution in [3.8, 4) is 11.5 Å². The fourth-order valence-corrected chi connectivity index (χ4v) is 5.52. The van der Waals surface area contributed by atoms with E-state index >= 15 is 0 Å². The maximum Gasteiger partial charge on any atom is 0.264 e. The fourth-order valence-electron chi connectivity index (χ4n) is 3.88. The van der Waals surface area contributed by atoms with Crippen LogP contribution in [0.2, 0.25) is 5.02 Å². The maximum absolute atomic E-state index is 13.4. The molecular formula is C31H29ClFN3O5S. The molecule has 0 spiro atoms. The molecule has 0 atom stereocenters. The lowest BCUT2D eigenvalue weighted by Gasteiger charge is -2.23. The van der Waals surface area contributed by atoms with E-state index in [1.807, 2.05) is 32.0 Å². The van der Waals surface area contributed by atoms with E-state index in [2.05, 4.69) is 10.5 Å². The summed E-state index contributed by atoms with van der Waals surface area (Å²) in [4.78, 5) is 12.7. The summed E-state index contributed by atoms with van der Waals surface area (Å²) in [5.74, 6) is -0.233. The van der Waals surface area contributed by atoms with Gasteiger partial charge in [-0.25, -0.2) is 18.2 Å². The van der Waals surface area contributed by atoms with Gasteiger partial charge in [0.05, 0.1) is 23.4 Å². The molecule has 0 bridgehead atoms. The average molecular weight is 610 g/mol. The van der Waals surface area contributed by atoms with E-state index in [0.717, 1.165) is 39.7 Å². The number of nitrogens with zero attached hydrogens (tertiary/aromatic N) is 2. The molecule has 42 heavy (non-hydrogen) atoms. The van der Waals surface area contributed by atoms with Gasteiger partial charge in [-0.2, -0.15) is 5.10 Å². The Balaban J connectivity index is 1.46. The highest BCUT2D eigenvalue weighted by molar-refractivity contribution is 7.92. The molecule has 0 radical (unpaired) electrons. The quantitative estimate of drug-likeness (QED) is 0.154. The van der Waals surface area contributed by atoms with Crippen molar-refractivity contribution in [1.82, 2.24) is 5.43 Å². The van der Waals surface area contributed by atoms with Crippen molar-refractivity contribution in [2.45, 2.75) is 25.3 Å². The van der Waals surface area contributed by atoms with Gasteiger partial charge in [-0.15, -0.1) is 0 Å². The molecule has 1 amide bonds. The Morgan fingerprint density at radius 1 is 0.976 bits per heavy atom. The smallest absolute Gasteiger partial charge is 0.264 e. The number of hydrogen-bond acceptors (Lipinski definition) is 6. The van der Waals surface area contributed by atoms with Crippen molar-refractivity contribution in [2.75, 3.05) is 17.5 Å². The Hall–Kier alpha value is -4.41. The average Bonchev–Trinajstić information content (AvgIpc) is 2.96. The van der Waals surface area contributed by atoms with Gasteiger partial charge in [0.2, 0.25) is 0 Å². The number of carbonyl (C=O) groups excluding carboxylic acids is 1. The molecule has 0 saturated heterocycles. The van der Waals surface area contributed by atoms with Crippen molar-refractivity contribution in [1.29, 1.82) is 0 Å². The van der Waals surface area contributed by atoms with Crippen LogP contribution in [-0.2, 0) is 21.4 Å². The van der Waals surface area contributed by atoms with E-state index in [1.165, 1.54) is 6.21 Å². The molecule has 11 heteroatoms. The molecule has 8 nitrogen and oxygen atoms in total. The van der Waals surface area contributed by atoms with Gasteiger partial charge in [0.1, 0.15) is 19.0 Å². The predicted octanol–water partition coefficient (Wildman–Crippen LogP) is 6.11. The van der Waals surface area contributed by atoms with E-state index in [9.17, 15) is 17.6 Å². The molecule has 0 aromatic heterocycles. The summed E-state index contributed by atoms with van der Waals surface area (Å²) in [5, 5.41) is 4.61. The molecular weight excluding hydrogens is 581 g/mol. The number of aryl methyl sites for hydroxylation is 1. The van der Waals surface area contributed by atoms with Gasteiger partial charge in [-0.05, 0) is 91.7 Å². The zero-order valence-corrected chi connectivity index (χ0v) is 24.5. The number of benzene rings is 4. The molecule has 0 aliphatic heterocycles. The molecule has 218 valence electrons. The molecule has 0 saturated carbocycles. The summed E-state index contributed by atoms with van der Waals surface area (Å²) in [6.45, 7) is 3.85. The van der Waals surface area contributed by atoms with Gasteiger partial charge >= 0.3 is 0 Å². The van der Waals surface area contributed by atoms with Gasteiger partial charge in [0.25, 0.3) is 15.9 Å². The number of rotatable bonds is 12. The first-order valence-electron chi connectivity index (χ1n) is 13.0. The van der Waals surface area contributed by atoms with Gasteiger partial charge in [-0.3, -0.25) is 9.10 Å². The van der Waals surface area contributed by atoms with Crippen LogP contribution in [0.5, 0.6) is 11.5 Å². The number of nitrogens with one attached hydrogen (secondary N) is 1. The van der Waals surface area contributed by atoms with Crippen LogP contribution >= 0.6 is 11.6 Å². The highest BCUT2D eigenvalue weighted by Gasteiger charge is 2.27. The summed E-state index contributed by atoms with van der Waals surface area (Å²) >= 11 is 6.05. The fraction of sp³-hybridized carbons (Fsp3) is 0.161. The zero-order chi connectivity index (χ0) is 30.1. The van der Waals surface area contributed by atoms with Gasteiger partial charge in [-0.1, -0.05) is 41.4 Å². The molecule has 4 rings (SSSR count). The summed E-state index contributed by atoms with van der Waals surface area (Å²) in [6.07, 6.45) is 1.41. The molecule has 0 aliphatic carbocycles. The summed E-state index contributed by atoms with van der Waals surface area (Å²) < 4.78 is 52.8. The van der Waals surface area contributed by atoms with Crippen LogP contribution in [0.4, 0.5) is 10.1 Å². The number of amides is 1. The van der Waals surface area contributed by atoms with E-state index in [0.29, 0.717) is 35.3 Å². The number of hydrogen-bond donors (Lipinski definition) is 1. The zero-order valence-electron chi connectivity index (χ0n) is 23.0. The van der Waals surface area contributed by atoms with Crippen molar-refractivity contribution in [3.63, 3.8) is 0 Å². The van der Waals surface area contributed by atoms with Crippen LogP contribution in [0.25, 0.3) is 0 Å². The van der Waals surface area contributed by atoms with Crippen LogP contribution in [0.1, 0.15) is 23.6 Å². The lowest BCUT2D eigenvalue weighted by molar-refractivity contribution is -0.119. The van der Waals surface area contributed by atoms with Crippen LogP contribution in [0.15, 0.2) is 101 Å². The summed E-state index contributed by atoms with van der Waals surface area (Å²) in [6, 6.07) is 23.6. The van der Waals surface area contributed by atoms with Crippen molar-refractivity contribution < 1.29 is 27.1 Å². The Labute approximate surface area is 249 Å². The number of halogens is 2. The third kappa shape index (κ3) is 8.08. The lowest BCUT2D eigenvalue weighted by Crippen LogP contribution is -2.39. The summed E-state index contributed by atoms with van der Waals surface area (Å²) in [5.41, 5.74) is 5.08. The molecule has 4 aromatic carbocycles. The first kappa shape index (κ1) is 30.5. The second kappa shape index (κ2) is 14.0. The summed E-state index contributed by atoms with van der Waals surface area (Å²) in [7, 11) is -4.18. The molecule has 1 N–H and O–H groups in total. The highest BCUT2D eigenvalue weighted by Crippen LogP contribution is 2.29. The minimum absolute atomic E-state index is 0.151. The second-order valence-corrected chi connectivity index (χ2v) is 11.5. The van der Waals surface area contributed by atoms with Gasteiger partial charge in [0, 0.05) is 5.02 Å². The van der Waals surface area contributed by atoms with Crippen LogP contribution < -0.4 is 19.2 Å². The molecule has 0 aliphatic rings. The molecule has 4 aromatic rings. The number of anilines is 1. The Bertz CT molecular complexity index is 1660. The van der Waals surface area contributed by atoms with Crippen molar-refractivity contribution in [2.24, 2.45) is 5.10 Å². The van der Waals surface area contributed by atoms with E-state index in [1.54, 1.807) is 48.5 Å². The Kier molecular flexibility index (Phi) is 10.2. The minimum Gasteiger partial charge on any atom is -0.490 e. The Morgan fingerprint density at radius 3 is 2.40 bits per heavy atom. The number of carbonyl (C=O) groups is 1. The molecule has 0 unspecified atom stereocenters. The van der Waals surface area contributed by atoms with Crippen molar-refractivity contribution in [3.05, 3.63) is 119 Å². The normalized spacial score (nSPS) is 11.3. The van der Waals surface area contributed by atoms with Crippen LogP contribution in [-0.4, -0.2) is 33.7 Å². The van der Waals surface area contributed by atoms with E-state index in [4.69, 9.17) is 21.1 Å². The lowest BCUT2D eigenvalue weighted by atomic mass is 10.2. The second-order valence-electron chi connectivity index (χ2n) is 9.15. The number of ether oxygens (including phenoxy) is 2.